The minimum absolute atomic E-state index is 0.0502. The molecule has 0 aliphatic carbocycles. The largest absolute Gasteiger partial charge is 0.346 e. The van der Waals surface area contributed by atoms with E-state index in [9.17, 15) is 9.18 Å². The van der Waals surface area contributed by atoms with E-state index in [1.807, 2.05) is 6.07 Å². The van der Waals surface area contributed by atoms with Crippen LogP contribution in [0.25, 0.3) is 22.1 Å². The van der Waals surface area contributed by atoms with Crippen LogP contribution < -0.4 is 5.69 Å². The molecule has 4 aromatic rings. The number of benzene rings is 1. The van der Waals surface area contributed by atoms with Gasteiger partial charge in [-0.2, -0.15) is 0 Å². The molecule has 0 fully saturated rings. The van der Waals surface area contributed by atoms with Gasteiger partial charge >= 0.3 is 5.69 Å². The highest BCUT2D eigenvalue weighted by atomic mass is 35.5. The highest BCUT2D eigenvalue weighted by Crippen LogP contribution is 2.24. The van der Waals surface area contributed by atoms with Gasteiger partial charge in [0.1, 0.15) is 11.5 Å². The van der Waals surface area contributed by atoms with Gasteiger partial charge in [0.25, 0.3) is 0 Å². The Morgan fingerprint density at radius 2 is 2.18 bits per heavy atom. The molecule has 0 bridgehead atoms. The van der Waals surface area contributed by atoms with E-state index in [0.717, 1.165) is 5.39 Å². The van der Waals surface area contributed by atoms with Crippen LogP contribution in [-0.2, 0) is 6.54 Å². The molecule has 0 spiro atoms. The number of pyridine rings is 1. The molecule has 7 heteroatoms. The number of hydrogen-bond acceptors (Lipinski definition) is 2. The maximum absolute atomic E-state index is 14.0. The lowest BCUT2D eigenvalue weighted by molar-refractivity contribution is 0.599. The molecule has 0 aliphatic rings. The van der Waals surface area contributed by atoms with Crippen LogP contribution in [0.1, 0.15) is 5.56 Å². The molecule has 110 valence electrons. The van der Waals surface area contributed by atoms with E-state index in [2.05, 4.69) is 15.0 Å². The maximum atomic E-state index is 14.0. The molecule has 5 nitrogen and oxygen atoms in total. The summed E-state index contributed by atoms with van der Waals surface area (Å²) in [6.07, 6.45) is 3.32. The summed E-state index contributed by atoms with van der Waals surface area (Å²) in [6.45, 7) is 0.0502. The Morgan fingerprint density at radius 3 is 3.00 bits per heavy atom. The number of hydrogen-bond donors (Lipinski definition) is 2. The van der Waals surface area contributed by atoms with E-state index in [1.54, 1.807) is 18.5 Å². The van der Waals surface area contributed by atoms with Gasteiger partial charge in [-0.3, -0.25) is 4.57 Å². The van der Waals surface area contributed by atoms with Crippen LogP contribution in [-0.4, -0.2) is 19.5 Å². The van der Waals surface area contributed by atoms with E-state index in [0.29, 0.717) is 21.7 Å². The molecule has 3 aromatic heterocycles. The molecular formula is C15H10ClFN4O. The van der Waals surface area contributed by atoms with Crippen LogP contribution in [0.4, 0.5) is 4.39 Å². The quantitative estimate of drug-likeness (QED) is 0.597. The number of rotatable bonds is 2. The first kappa shape index (κ1) is 13.1. The third-order valence-electron chi connectivity index (χ3n) is 3.69. The summed E-state index contributed by atoms with van der Waals surface area (Å²) >= 11 is 6.06. The molecule has 0 amide bonds. The van der Waals surface area contributed by atoms with E-state index in [-0.39, 0.29) is 17.8 Å². The molecule has 0 unspecified atom stereocenters. The number of nitrogens with one attached hydrogen (secondary N) is 2. The monoisotopic (exact) mass is 316 g/mol. The summed E-state index contributed by atoms with van der Waals surface area (Å²) in [5, 5.41) is 1.09. The van der Waals surface area contributed by atoms with Crippen LogP contribution in [0.15, 0.2) is 41.5 Å². The van der Waals surface area contributed by atoms with Crippen molar-refractivity contribution in [3.8, 4) is 0 Å². The Balaban J connectivity index is 2.00. The number of nitrogens with zero attached hydrogens (tertiary/aromatic N) is 2. The predicted molar refractivity (Wildman–Crippen MR) is 82.7 cm³/mol. The summed E-state index contributed by atoms with van der Waals surface area (Å²) in [6, 6.07) is 6.30. The van der Waals surface area contributed by atoms with Gasteiger partial charge in [0.05, 0.1) is 23.8 Å². The van der Waals surface area contributed by atoms with Crippen molar-refractivity contribution < 1.29 is 4.39 Å². The van der Waals surface area contributed by atoms with Crippen molar-refractivity contribution >= 4 is 33.7 Å². The van der Waals surface area contributed by atoms with Crippen LogP contribution in [0, 0.1) is 5.82 Å². The number of aromatic amines is 2. The highest BCUT2D eigenvalue weighted by molar-refractivity contribution is 6.31. The minimum Gasteiger partial charge on any atom is -0.346 e. The fraction of sp³-hybridized carbons (Fsp3) is 0.0667. The number of aromatic nitrogens is 4. The normalized spacial score (nSPS) is 11.5. The number of imidazole rings is 1. The summed E-state index contributed by atoms with van der Waals surface area (Å²) in [4.78, 5) is 22.2. The Hall–Kier alpha value is -2.60. The Bertz CT molecular complexity index is 1040. The van der Waals surface area contributed by atoms with Gasteiger partial charge in [0, 0.05) is 22.2 Å². The van der Waals surface area contributed by atoms with Crippen molar-refractivity contribution in [2.75, 3.05) is 0 Å². The van der Waals surface area contributed by atoms with Crippen LogP contribution in [0.3, 0.4) is 0 Å². The van der Waals surface area contributed by atoms with Gasteiger partial charge in [-0.1, -0.05) is 17.7 Å². The first-order valence-corrected chi connectivity index (χ1v) is 7.00. The van der Waals surface area contributed by atoms with Crippen molar-refractivity contribution in [3.05, 3.63) is 63.5 Å². The second-order valence-electron chi connectivity index (χ2n) is 4.98. The second-order valence-corrected chi connectivity index (χ2v) is 5.38. The fourth-order valence-corrected chi connectivity index (χ4v) is 2.88. The number of halogens is 2. The lowest BCUT2D eigenvalue weighted by atomic mass is 10.2. The first-order chi connectivity index (χ1) is 10.6. The SMILES string of the molecule is O=c1[nH]c2cnc3[nH]ccc3c2n1Cc1c(F)cccc1Cl. The molecule has 1 aromatic carbocycles. The van der Waals surface area contributed by atoms with Crippen molar-refractivity contribution in [3.63, 3.8) is 0 Å². The standard InChI is InChI=1S/C15H10ClFN4O/c16-10-2-1-3-11(17)9(10)7-21-13-8-4-5-18-14(8)19-6-12(13)20-15(21)22/h1-6H,7H2,(H,18,19)(H,20,22). The zero-order chi connectivity index (χ0) is 15.3. The molecule has 0 saturated heterocycles. The molecular weight excluding hydrogens is 307 g/mol. The average molecular weight is 317 g/mol. The topological polar surface area (TPSA) is 66.5 Å². The zero-order valence-corrected chi connectivity index (χ0v) is 12.0. The molecule has 22 heavy (non-hydrogen) atoms. The number of H-pyrrole nitrogens is 2. The van der Waals surface area contributed by atoms with E-state index >= 15 is 0 Å². The van der Waals surface area contributed by atoms with Gasteiger partial charge in [0.15, 0.2) is 0 Å². The molecule has 0 atom stereocenters. The van der Waals surface area contributed by atoms with Gasteiger partial charge in [-0.05, 0) is 18.2 Å². The lowest BCUT2D eigenvalue weighted by Crippen LogP contribution is -2.18. The van der Waals surface area contributed by atoms with Crippen LogP contribution in [0.2, 0.25) is 5.02 Å². The lowest BCUT2D eigenvalue weighted by Gasteiger charge is -2.07. The van der Waals surface area contributed by atoms with E-state index in [1.165, 1.54) is 16.7 Å². The molecule has 0 saturated carbocycles. The molecule has 2 N–H and O–H groups in total. The van der Waals surface area contributed by atoms with Crippen molar-refractivity contribution in [2.45, 2.75) is 6.54 Å². The minimum atomic E-state index is -0.437. The Kier molecular flexibility index (Phi) is 2.80. The summed E-state index contributed by atoms with van der Waals surface area (Å²) in [5.74, 6) is -0.437. The van der Waals surface area contributed by atoms with Gasteiger partial charge < -0.3 is 9.97 Å². The number of fused-ring (bicyclic) bond motifs is 3. The zero-order valence-electron chi connectivity index (χ0n) is 11.2. The highest BCUT2D eigenvalue weighted by Gasteiger charge is 2.15. The van der Waals surface area contributed by atoms with Gasteiger partial charge in [0.2, 0.25) is 0 Å². The summed E-state index contributed by atoms with van der Waals surface area (Å²) in [5.41, 5.74) is 1.90. The van der Waals surface area contributed by atoms with Crippen molar-refractivity contribution in [1.29, 1.82) is 0 Å². The third-order valence-corrected chi connectivity index (χ3v) is 4.05. The summed E-state index contributed by atoms with van der Waals surface area (Å²) in [7, 11) is 0. The maximum Gasteiger partial charge on any atom is 0.326 e. The van der Waals surface area contributed by atoms with Crippen LogP contribution in [0.5, 0.6) is 0 Å². The predicted octanol–water partition coefficient (Wildman–Crippen LogP) is 3.05. The van der Waals surface area contributed by atoms with Crippen molar-refractivity contribution in [2.24, 2.45) is 0 Å². The first-order valence-electron chi connectivity index (χ1n) is 6.62. The third kappa shape index (κ3) is 1.84. The van der Waals surface area contributed by atoms with E-state index in [4.69, 9.17) is 11.6 Å². The fourth-order valence-electron chi connectivity index (χ4n) is 2.65. The Labute approximate surface area is 128 Å². The smallest absolute Gasteiger partial charge is 0.326 e. The molecule has 4 rings (SSSR count). The Morgan fingerprint density at radius 1 is 1.32 bits per heavy atom. The van der Waals surface area contributed by atoms with Gasteiger partial charge in [-0.15, -0.1) is 0 Å². The molecule has 0 aliphatic heterocycles. The average Bonchev–Trinajstić information content (AvgIpc) is 3.06. The summed E-state index contributed by atoms with van der Waals surface area (Å²) < 4.78 is 15.5. The van der Waals surface area contributed by atoms with Gasteiger partial charge in [-0.25, -0.2) is 14.2 Å². The molecule has 3 heterocycles. The molecule has 0 radical (unpaired) electrons. The van der Waals surface area contributed by atoms with Crippen LogP contribution >= 0.6 is 11.6 Å². The van der Waals surface area contributed by atoms with Crippen molar-refractivity contribution in [1.82, 2.24) is 19.5 Å². The van der Waals surface area contributed by atoms with E-state index < -0.39 is 5.82 Å². The second kappa shape index (κ2) is 4.71.